The van der Waals surface area contributed by atoms with Gasteiger partial charge in [-0.15, -0.1) is 11.3 Å². The lowest BCUT2D eigenvalue weighted by Gasteiger charge is -2.04. The van der Waals surface area contributed by atoms with E-state index in [9.17, 15) is 0 Å². The Labute approximate surface area is 107 Å². The molecular formula is C14H18N2S. The third-order valence-corrected chi connectivity index (χ3v) is 3.93. The van der Waals surface area contributed by atoms with Gasteiger partial charge < -0.3 is 5.73 Å². The molecule has 3 heteroatoms. The van der Waals surface area contributed by atoms with Crippen LogP contribution in [-0.2, 0) is 0 Å². The molecule has 0 aliphatic heterocycles. The predicted octanol–water partition coefficient (Wildman–Crippen LogP) is 3.57. The summed E-state index contributed by atoms with van der Waals surface area (Å²) in [7, 11) is 0. The molecule has 1 aromatic heterocycles. The van der Waals surface area contributed by atoms with Gasteiger partial charge in [0.25, 0.3) is 0 Å². The number of benzene rings is 1. The van der Waals surface area contributed by atoms with E-state index in [2.05, 4.69) is 43.5 Å². The highest BCUT2D eigenvalue weighted by Gasteiger charge is 2.10. The largest absolute Gasteiger partial charge is 0.330 e. The SMILES string of the molecule is Cc1cccc(-c2csc(C(C)CCN)n2)c1. The van der Waals surface area contributed by atoms with E-state index in [4.69, 9.17) is 10.7 Å². The number of hydrogen-bond acceptors (Lipinski definition) is 3. The van der Waals surface area contributed by atoms with Crippen molar-refractivity contribution in [1.82, 2.24) is 4.98 Å². The number of hydrogen-bond donors (Lipinski definition) is 1. The zero-order valence-corrected chi connectivity index (χ0v) is 11.1. The summed E-state index contributed by atoms with van der Waals surface area (Å²) in [6.45, 7) is 5.01. The molecule has 0 aliphatic carbocycles. The van der Waals surface area contributed by atoms with Crippen molar-refractivity contribution in [3.63, 3.8) is 0 Å². The predicted molar refractivity (Wildman–Crippen MR) is 74.4 cm³/mol. The van der Waals surface area contributed by atoms with Crippen molar-refractivity contribution in [2.45, 2.75) is 26.2 Å². The standard InChI is InChI=1S/C14H18N2S/c1-10-4-3-5-12(8-10)13-9-17-14(16-13)11(2)6-7-15/h3-5,8-9,11H,6-7,15H2,1-2H3. The molecule has 2 nitrogen and oxygen atoms in total. The number of aromatic nitrogens is 1. The second-order valence-corrected chi connectivity index (χ2v) is 5.31. The number of rotatable bonds is 4. The molecule has 2 aromatic rings. The van der Waals surface area contributed by atoms with E-state index in [1.807, 2.05) is 0 Å². The second-order valence-electron chi connectivity index (χ2n) is 4.42. The number of nitrogens with zero attached hydrogens (tertiary/aromatic N) is 1. The van der Waals surface area contributed by atoms with Crippen LogP contribution in [0.25, 0.3) is 11.3 Å². The van der Waals surface area contributed by atoms with Gasteiger partial charge in [0.05, 0.1) is 10.7 Å². The molecule has 2 rings (SSSR count). The first-order valence-electron chi connectivity index (χ1n) is 5.93. The summed E-state index contributed by atoms with van der Waals surface area (Å²) in [5.74, 6) is 0.462. The first kappa shape index (κ1) is 12.3. The van der Waals surface area contributed by atoms with Gasteiger partial charge in [-0.1, -0.05) is 30.7 Å². The fraction of sp³-hybridized carbons (Fsp3) is 0.357. The van der Waals surface area contributed by atoms with E-state index >= 15 is 0 Å². The molecular weight excluding hydrogens is 228 g/mol. The van der Waals surface area contributed by atoms with Crippen LogP contribution in [0.3, 0.4) is 0 Å². The molecule has 0 saturated heterocycles. The quantitative estimate of drug-likeness (QED) is 0.895. The van der Waals surface area contributed by atoms with Crippen LogP contribution in [0.4, 0.5) is 0 Å². The maximum atomic E-state index is 5.58. The van der Waals surface area contributed by atoms with E-state index in [1.54, 1.807) is 11.3 Å². The van der Waals surface area contributed by atoms with Gasteiger partial charge in [-0.3, -0.25) is 0 Å². The molecule has 2 N–H and O–H groups in total. The first-order chi connectivity index (χ1) is 8.20. The van der Waals surface area contributed by atoms with Gasteiger partial charge in [-0.05, 0) is 26.0 Å². The highest BCUT2D eigenvalue weighted by molar-refractivity contribution is 7.10. The summed E-state index contributed by atoms with van der Waals surface area (Å²) < 4.78 is 0. The van der Waals surface area contributed by atoms with Gasteiger partial charge in [-0.25, -0.2) is 4.98 Å². The normalized spacial score (nSPS) is 12.6. The molecule has 1 aromatic carbocycles. The van der Waals surface area contributed by atoms with Crippen molar-refractivity contribution in [2.75, 3.05) is 6.54 Å². The molecule has 0 fully saturated rings. The van der Waals surface area contributed by atoms with Crippen LogP contribution in [0.2, 0.25) is 0 Å². The average Bonchev–Trinajstić information content (AvgIpc) is 2.78. The Hall–Kier alpha value is -1.19. The second kappa shape index (κ2) is 5.43. The number of aryl methyl sites for hydroxylation is 1. The fourth-order valence-electron chi connectivity index (χ4n) is 1.82. The zero-order valence-electron chi connectivity index (χ0n) is 10.3. The van der Waals surface area contributed by atoms with Crippen LogP contribution in [0.5, 0.6) is 0 Å². The van der Waals surface area contributed by atoms with Crippen molar-refractivity contribution in [2.24, 2.45) is 5.73 Å². The van der Waals surface area contributed by atoms with Crippen LogP contribution < -0.4 is 5.73 Å². The van der Waals surface area contributed by atoms with E-state index in [-0.39, 0.29) is 0 Å². The van der Waals surface area contributed by atoms with Gasteiger partial charge in [0.15, 0.2) is 0 Å². The van der Waals surface area contributed by atoms with Crippen LogP contribution in [-0.4, -0.2) is 11.5 Å². The maximum absolute atomic E-state index is 5.58. The van der Waals surface area contributed by atoms with E-state index in [1.165, 1.54) is 16.1 Å². The van der Waals surface area contributed by atoms with Crippen LogP contribution in [0.1, 0.15) is 29.8 Å². The lowest BCUT2D eigenvalue weighted by Crippen LogP contribution is -2.04. The Morgan fingerprint density at radius 3 is 2.94 bits per heavy atom. The van der Waals surface area contributed by atoms with Gasteiger partial charge in [0.2, 0.25) is 0 Å². The number of thiazole rings is 1. The third kappa shape index (κ3) is 2.93. The topological polar surface area (TPSA) is 38.9 Å². The summed E-state index contributed by atoms with van der Waals surface area (Å²) in [4.78, 5) is 4.70. The minimum Gasteiger partial charge on any atom is -0.330 e. The molecule has 0 radical (unpaired) electrons. The Morgan fingerprint density at radius 1 is 1.41 bits per heavy atom. The molecule has 0 amide bonds. The zero-order chi connectivity index (χ0) is 12.3. The summed E-state index contributed by atoms with van der Waals surface area (Å²) >= 11 is 1.73. The Balaban J connectivity index is 2.23. The summed E-state index contributed by atoms with van der Waals surface area (Å²) in [6, 6.07) is 8.46. The van der Waals surface area contributed by atoms with E-state index in [0.29, 0.717) is 5.92 Å². The van der Waals surface area contributed by atoms with Crippen molar-refractivity contribution >= 4 is 11.3 Å². The Kier molecular flexibility index (Phi) is 3.92. The van der Waals surface area contributed by atoms with E-state index < -0.39 is 0 Å². The smallest absolute Gasteiger partial charge is 0.0961 e. The Bertz CT molecular complexity index is 490. The Morgan fingerprint density at radius 2 is 2.24 bits per heavy atom. The summed E-state index contributed by atoms with van der Waals surface area (Å²) in [6.07, 6.45) is 1.00. The van der Waals surface area contributed by atoms with Gasteiger partial charge in [-0.2, -0.15) is 0 Å². The molecule has 0 spiro atoms. The van der Waals surface area contributed by atoms with Gasteiger partial charge in [0, 0.05) is 16.9 Å². The molecule has 17 heavy (non-hydrogen) atoms. The molecule has 1 heterocycles. The van der Waals surface area contributed by atoms with Gasteiger partial charge >= 0.3 is 0 Å². The van der Waals surface area contributed by atoms with Crippen LogP contribution >= 0.6 is 11.3 Å². The molecule has 1 atom stereocenters. The van der Waals surface area contributed by atoms with Crippen molar-refractivity contribution < 1.29 is 0 Å². The van der Waals surface area contributed by atoms with Crippen LogP contribution in [0.15, 0.2) is 29.6 Å². The molecule has 0 saturated carbocycles. The first-order valence-corrected chi connectivity index (χ1v) is 6.81. The van der Waals surface area contributed by atoms with Crippen LogP contribution in [0, 0.1) is 6.92 Å². The third-order valence-electron chi connectivity index (χ3n) is 2.86. The molecule has 0 bridgehead atoms. The van der Waals surface area contributed by atoms with E-state index in [0.717, 1.165) is 18.7 Å². The minimum atomic E-state index is 0.462. The molecule has 0 aliphatic rings. The average molecular weight is 246 g/mol. The molecule has 1 unspecified atom stereocenters. The lowest BCUT2D eigenvalue weighted by molar-refractivity contribution is 0.685. The monoisotopic (exact) mass is 246 g/mol. The summed E-state index contributed by atoms with van der Waals surface area (Å²) in [5.41, 5.74) is 9.13. The lowest BCUT2D eigenvalue weighted by atomic mass is 10.1. The van der Waals surface area contributed by atoms with Crippen molar-refractivity contribution in [3.8, 4) is 11.3 Å². The van der Waals surface area contributed by atoms with Crippen molar-refractivity contribution in [3.05, 3.63) is 40.2 Å². The maximum Gasteiger partial charge on any atom is 0.0961 e. The molecule has 90 valence electrons. The highest BCUT2D eigenvalue weighted by atomic mass is 32.1. The summed E-state index contributed by atoms with van der Waals surface area (Å²) in [5, 5.41) is 3.32. The van der Waals surface area contributed by atoms with Gasteiger partial charge in [0.1, 0.15) is 0 Å². The number of nitrogens with two attached hydrogens (primary N) is 1. The highest BCUT2D eigenvalue weighted by Crippen LogP contribution is 2.28. The minimum absolute atomic E-state index is 0.462. The van der Waals surface area contributed by atoms with Crippen molar-refractivity contribution in [1.29, 1.82) is 0 Å². The fourth-order valence-corrected chi connectivity index (χ4v) is 2.75.